The molecule has 4 rings (SSSR count). The third-order valence-corrected chi connectivity index (χ3v) is 6.36. The quantitative estimate of drug-likeness (QED) is 0.136. The summed E-state index contributed by atoms with van der Waals surface area (Å²) in [6, 6.07) is 15.7. The first-order chi connectivity index (χ1) is 19.6. The van der Waals surface area contributed by atoms with Crippen molar-refractivity contribution < 1.29 is 24.1 Å². The average Bonchev–Trinajstić information content (AvgIpc) is 3.38. The summed E-state index contributed by atoms with van der Waals surface area (Å²) in [5, 5.41) is 31.0. The van der Waals surface area contributed by atoms with E-state index in [1.54, 1.807) is 36.4 Å². The van der Waals surface area contributed by atoms with Crippen LogP contribution in [0.1, 0.15) is 27.2 Å². The number of aromatic nitrogens is 2. The summed E-state index contributed by atoms with van der Waals surface area (Å²) in [6.45, 7) is 0.234. The molecule has 0 atom stereocenters. The van der Waals surface area contributed by atoms with E-state index in [0.717, 1.165) is 11.8 Å². The van der Waals surface area contributed by atoms with Crippen LogP contribution in [0.25, 0.3) is 0 Å². The maximum Gasteiger partial charge on any atom is 0.320 e. The van der Waals surface area contributed by atoms with Gasteiger partial charge < -0.3 is 9.47 Å². The molecule has 1 aromatic heterocycles. The zero-order valence-electron chi connectivity index (χ0n) is 21.2. The van der Waals surface area contributed by atoms with Crippen LogP contribution in [0.3, 0.4) is 0 Å². The van der Waals surface area contributed by atoms with E-state index in [9.17, 15) is 25.0 Å². The first-order valence-electron chi connectivity index (χ1n) is 11.7. The number of carbonyl (C=O) groups is 1. The van der Waals surface area contributed by atoms with Gasteiger partial charge in [-0.15, -0.1) is 0 Å². The van der Waals surface area contributed by atoms with Crippen molar-refractivity contribution in [1.29, 1.82) is 0 Å². The lowest BCUT2D eigenvalue weighted by atomic mass is 10.1. The maximum atomic E-state index is 12.6. The first-order valence-corrected chi connectivity index (χ1v) is 12.4. The number of hydrogen-bond donors (Lipinski definition) is 1. The van der Waals surface area contributed by atoms with Gasteiger partial charge in [-0.1, -0.05) is 47.5 Å². The van der Waals surface area contributed by atoms with Crippen LogP contribution < -0.4 is 14.9 Å². The van der Waals surface area contributed by atoms with E-state index in [1.807, 2.05) is 0 Å². The Bertz CT molecular complexity index is 1640. The van der Waals surface area contributed by atoms with Gasteiger partial charge in [0.05, 0.1) is 39.8 Å². The number of ether oxygens (including phenoxy) is 2. The smallest absolute Gasteiger partial charge is 0.320 e. The van der Waals surface area contributed by atoms with Crippen molar-refractivity contribution in [2.24, 2.45) is 5.10 Å². The molecule has 0 spiro atoms. The van der Waals surface area contributed by atoms with Crippen LogP contribution in [0.15, 0.2) is 72.0 Å². The number of hydrogen-bond acceptors (Lipinski definition) is 9. The highest BCUT2D eigenvalue weighted by Crippen LogP contribution is 2.28. The minimum Gasteiger partial charge on any atom is -0.496 e. The van der Waals surface area contributed by atoms with Crippen molar-refractivity contribution in [2.45, 2.75) is 13.2 Å². The van der Waals surface area contributed by atoms with Crippen LogP contribution in [-0.4, -0.2) is 38.9 Å². The van der Waals surface area contributed by atoms with Crippen LogP contribution in [0.5, 0.6) is 11.5 Å². The molecule has 0 aliphatic rings. The number of nitro groups is 2. The average molecular weight is 599 g/mol. The van der Waals surface area contributed by atoms with E-state index in [-0.39, 0.29) is 18.8 Å². The van der Waals surface area contributed by atoms with E-state index in [2.05, 4.69) is 15.6 Å². The molecule has 0 saturated heterocycles. The van der Waals surface area contributed by atoms with Crippen LogP contribution in [0, 0.1) is 20.2 Å². The van der Waals surface area contributed by atoms with E-state index < -0.39 is 27.1 Å². The second-order valence-corrected chi connectivity index (χ2v) is 9.19. The first kappa shape index (κ1) is 29.0. The van der Waals surface area contributed by atoms with E-state index >= 15 is 0 Å². The largest absolute Gasteiger partial charge is 0.496 e. The fraction of sp³-hybridized carbons (Fsp3) is 0.115. The molecule has 0 aliphatic heterocycles. The molecule has 210 valence electrons. The summed E-state index contributed by atoms with van der Waals surface area (Å²) in [4.78, 5) is 33.7. The number of rotatable bonds is 11. The summed E-state index contributed by atoms with van der Waals surface area (Å²) >= 11 is 11.9. The molecule has 0 radical (unpaired) electrons. The molecule has 15 heteroatoms. The van der Waals surface area contributed by atoms with Crippen molar-refractivity contribution >= 4 is 46.7 Å². The second kappa shape index (κ2) is 12.9. The maximum absolute atomic E-state index is 12.6. The number of benzene rings is 3. The Labute approximate surface area is 242 Å². The highest BCUT2D eigenvalue weighted by Gasteiger charge is 2.25. The Morgan fingerprint density at radius 2 is 1.80 bits per heavy atom. The Kier molecular flexibility index (Phi) is 9.12. The standard InChI is InChI=1S/C26H20Cl2N6O7/c1-40-24-10-17(2-5-18(24)15-41-20-8-9-21(27)22(28)11-20)12-29-30-26(35)25-23(34(38)39)14-32(31-25)13-16-3-6-19(7-4-16)33(36)37/h2-12,14H,13,15H2,1H3,(H,30,35)/b29-12-. The predicted octanol–water partition coefficient (Wildman–Crippen LogP) is 5.41. The Morgan fingerprint density at radius 1 is 1.05 bits per heavy atom. The van der Waals surface area contributed by atoms with Crippen molar-refractivity contribution in [3.05, 3.63) is 120 Å². The second-order valence-electron chi connectivity index (χ2n) is 8.38. The molecule has 0 bridgehead atoms. The van der Waals surface area contributed by atoms with Crippen LogP contribution >= 0.6 is 23.2 Å². The van der Waals surface area contributed by atoms with Crippen LogP contribution in [0.4, 0.5) is 11.4 Å². The highest BCUT2D eigenvalue weighted by molar-refractivity contribution is 6.42. The molecule has 0 fully saturated rings. The summed E-state index contributed by atoms with van der Waals surface area (Å²) in [7, 11) is 1.49. The fourth-order valence-electron chi connectivity index (χ4n) is 3.60. The zero-order chi connectivity index (χ0) is 29.5. The third-order valence-electron chi connectivity index (χ3n) is 5.62. The van der Waals surface area contributed by atoms with Gasteiger partial charge in [0.25, 0.3) is 11.6 Å². The van der Waals surface area contributed by atoms with Gasteiger partial charge in [-0.3, -0.25) is 29.7 Å². The third kappa shape index (κ3) is 7.35. The van der Waals surface area contributed by atoms with Gasteiger partial charge >= 0.3 is 5.69 Å². The molecule has 0 saturated carbocycles. The summed E-state index contributed by atoms with van der Waals surface area (Å²) in [5.74, 6) is 0.133. The number of nitrogens with zero attached hydrogens (tertiary/aromatic N) is 5. The Balaban J connectivity index is 1.41. The number of hydrazone groups is 1. The normalized spacial score (nSPS) is 10.9. The lowest BCUT2D eigenvalue weighted by Gasteiger charge is -2.11. The molecular formula is C26H20Cl2N6O7. The van der Waals surface area contributed by atoms with E-state index in [4.69, 9.17) is 32.7 Å². The molecule has 41 heavy (non-hydrogen) atoms. The van der Waals surface area contributed by atoms with Gasteiger partial charge in [0.15, 0.2) is 0 Å². The molecular weight excluding hydrogens is 579 g/mol. The van der Waals surface area contributed by atoms with Gasteiger partial charge in [-0.25, -0.2) is 5.43 Å². The van der Waals surface area contributed by atoms with E-state index in [0.29, 0.717) is 32.7 Å². The van der Waals surface area contributed by atoms with Gasteiger partial charge in [0, 0.05) is 23.8 Å². The van der Waals surface area contributed by atoms with Gasteiger partial charge in [-0.05, 0) is 29.3 Å². The van der Waals surface area contributed by atoms with Gasteiger partial charge in [-0.2, -0.15) is 10.2 Å². The number of nitrogens with one attached hydrogen (secondary N) is 1. The molecule has 1 heterocycles. The highest BCUT2D eigenvalue weighted by atomic mass is 35.5. The number of carbonyl (C=O) groups excluding carboxylic acids is 1. The Hall–Kier alpha value is -5.01. The molecule has 0 aliphatic carbocycles. The van der Waals surface area contributed by atoms with Gasteiger partial charge in [0.2, 0.25) is 5.69 Å². The molecule has 1 amide bonds. The lowest BCUT2D eigenvalue weighted by molar-refractivity contribution is -0.385. The number of halogens is 2. The number of nitro benzene ring substituents is 1. The minimum atomic E-state index is -0.894. The zero-order valence-corrected chi connectivity index (χ0v) is 22.7. The minimum absolute atomic E-state index is 0.0519. The molecule has 13 nitrogen and oxygen atoms in total. The number of amides is 1. The monoisotopic (exact) mass is 598 g/mol. The fourth-order valence-corrected chi connectivity index (χ4v) is 3.89. The summed E-state index contributed by atoms with van der Waals surface area (Å²) in [5.41, 5.74) is 3.07. The predicted molar refractivity (Wildman–Crippen MR) is 150 cm³/mol. The molecule has 0 unspecified atom stereocenters. The molecule has 1 N–H and O–H groups in total. The SMILES string of the molecule is COc1cc(/C=N\NC(=O)c2nn(Cc3ccc([N+](=O)[O-])cc3)cc2[N+](=O)[O-])ccc1COc1ccc(Cl)c(Cl)c1. The van der Waals surface area contributed by atoms with Crippen molar-refractivity contribution in [3.63, 3.8) is 0 Å². The summed E-state index contributed by atoms with van der Waals surface area (Å²) < 4.78 is 12.4. The van der Waals surface area contributed by atoms with Crippen molar-refractivity contribution in [1.82, 2.24) is 15.2 Å². The number of non-ortho nitro benzene ring substituents is 1. The van der Waals surface area contributed by atoms with Gasteiger partial charge in [0.1, 0.15) is 24.3 Å². The van der Waals surface area contributed by atoms with Crippen LogP contribution in [0.2, 0.25) is 10.0 Å². The topological polar surface area (TPSA) is 164 Å². The number of methoxy groups -OCH3 is 1. The van der Waals surface area contributed by atoms with Crippen molar-refractivity contribution in [2.75, 3.05) is 7.11 Å². The van der Waals surface area contributed by atoms with E-state index in [1.165, 1.54) is 42.3 Å². The Morgan fingerprint density at radius 3 is 2.46 bits per heavy atom. The van der Waals surface area contributed by atoms with Crippen LogP contribution in [-0.2, 0) is 13.2 Å². The lowest BCUT2D eigenvalue weighted by Crippen LogP contribution is -2.19. The van der Waals surface area contributed by atoms with Crippen molar-refractivity contribution in [3.8, 4) is 11.5 Å². The molecule has 3 aromatic carbocycles. The molecule has 4 aromatic rings. The summed E-state index contributed by atoms with van der Waals surface area (Å²) in [6.07, 6.45) is 2.44.